The first-order valence-electron chi connectivity index (χ1n) is 7.64. The molecule has 0 amide bonds. The molecule has 118 valence electrons. The topological polar surface area (TPSA) is 35.5 Å². The van der Waals surface area contributed by atoms with Crippen LogP contribution in [0.2, 0.25) is 0 Å². The average molecular weight is 308 g/mol. The predicted octanol–water partition coefficient (Wildman–Crippen LogP) is 4.56. The summed E-state index contributed by atoms with van der Waals surface area (Å²) in [5, 5.41) is 0. The molecule has 1 aliphatic carbocycles. The van der Waals surface area contributed by atoms with Crippen molar-refractivity contribution in [1.82, 2.24) is 0 Å². The van der Waals surface area contributed by atoms with Crippen LogP contribution in [0, 0.1) is 5.41 Å². The van der Waals surface area contributed by atoms with Gasteiger partial charge < -0.3 is 9.47 Å². The number of allylic oxidation sites excluding steroid dienone is 1. The van der Waals surface area contributed by atoms with Gasteiger partial charge in [0.1, 0.15) is 5.75 Å². The molecule has 23 heavy (non-hydrogen) atoms. The summed E-state index contributed by atoms with van der Waals surface area (Å²) in [6, 6.07) is 17.1. The molecule has 0 aromatic heterocycles. The molecule has 0 bridgehead atoms. The number of carbonyl (C=O) groups excluding carboxylic acids is 1. The third kappa shape index (κ3) is 3.00. The number of carbonyl (C=O) groups is 1. The van der Waals surface area contributed by atoms with E-state index < -0.39 is 0 Å². The molecule has 1 atom stereocenters. The number of rotatable bonds is 4. The molecule has 0 radical (unpaired) electrons. The van der Waals surface area contributed by atoms with Gasteiger partial charge in [0.2, 0.25) is 0 Å². The van der Waals surface area contributed by atoms with Gasteiger partial charge in [0.25, 0.3) is 0 Å². The van der Waals surface area contributed by atoms with Gasteiger partial charge in [-0.1, -0.05) is 44.2 Å². The molecular formula is C20H20O3. The smallest absolute Gasteiger partial charge is 0.342 e. The van der Waals surface area contributed by atoms with Crippen LogP contribution in [-0.4, -0.2) is 13.1 Å². The summed E-state index contributed by atoms with van der Waals surface area (Å²) in [4.78, 5) is 12.0. The Labute approximate surface area is 136 Å². The number of hydrogen-bond acceptors (Lipinski definition) is 3. The van der Waals surface area contributed by atoms with E-state index in [0.717, 1.165) is 11.3 Å². The maximum absolute atomic E-state index is 12.0. The van der Waals surface area contributed by atoms with Gasteiger partial charge in [0.15, 0.2) is 0 Å². The SMILES string of the molecule is COc1ccc(C2/C(=C\OC(=O)c3ccccc3)C2(C)C)cc1. The van der Waals surface area contributed by atoms with Gasteiger partial charge in [-0.3, -0.25) is 0 Å². The molecule has 1 aliphatic rings. The highest BCUT2D eigenvalue weighted by Gasteiger charge is 2.53. The fourth-order valence-corrected chi connectivity index (χ4v) is 2.95. The van der Waals surface area contributed by atoms with Gasteiger partial charge in [-0.05, 0) is 35.4 Å². The van der Waals surface area contributed by atoms with Crippen molar-refractivity contribution in [2.75, 3.05) is 7.11 Å². The summed E-state index contributed by atoms with van der Waals surface area (Å²) >= 11 is 0. The molecule has 0 aliphatic heterocycles. The van der Waals surface area contributed by atoms with Gasteiger partial charge in [0, 0.05) is 11.3 Å². The number of methoxy groups -OCH3 is 1. The molecule has 0 heterocycles. The highest BCUT2D eigenvalue weighted by Crippen LogP contribution is 2.64. The van der Waals surface area contributed by atoms with Gasteiger partial charge in [-0.15, -0.1) is 0 Å². The third-order valence-electron chi connectivity index (χ3n) is 4.44. The zero-order chi connectivity index (χ0) is 16.4. The summed E-state index contributed by atoms with van der Waals surface area (Å²) in [7, 11) is 1.66. The monoisotopic (exact) mass is 308 g/mol. The van der Waals surface area contributed by atoms with Crippen LogP contribution in [0.15, 0.2) is 66.4 Å². The van der Waals surface area contributed by atoms with Crippen molar-refractivity contribution < 1.29 is 14.3 Å². The highest BCUT2D eigenvalue weighted by atomic mass is 16.5. The van der Waals surface area contributed by atoms with E-state index in [-0.39, 0.29) is 17.3 Å². The summed E-state index contributed by atoms with van der Waals surface area (Å²) < 4.78 is 10.6. The van der Waals surface area contributed by atoms with Crippen LogP contribution in [0.5, 0.6) is 5.75 Å². The number of benzene rings is 2. The second-order valence-corrected chi connectivity index (χ2v) is 6.27. The first-order chi connectivity index (χ1) is 11.0. The van der Waals surface area contributed by atoms with E-state index >= 15 is 0 Å². The Morgan fingerprint density at radius 3 is 2.30 bits per heavy atom. The Bertz CT molecular complexity index is 727. The molecule has 3 heteroatoms. The van der Waals surface area contributed by atoms with Crippen molar-refractivity contribution in [3.63, 3.8) is 0 Å². The molecule has 1 fully saturated rings. The zero-order valence-electron chi connectivity index (χ0n) is 13.6. The van der Waals surface area contributed by atoms with Crippen LogP contribution < -0.4 is 4.74 Å². The summed E-state index contributed by atoms with van der Waals surface area (Å²) in [5.41, 5.74) is 2.90. The Hall–Kier alpha value is -2.55. The summed E-state index contributed by atoms with van der Waals surface area (Å²) in [6.45, 7) is 4.31. The van der Waals surface area contributed by atoms with Crippen LogP contribution in [0.1, 0.15) is 35.7 Å². The van der Waals surface area contributed by atoms with Crippen molar-refractivity contribution in [1.29, 1.82) is 0 Å². The molecule has 3 rings (SSSR count). The fraction of sp³-hybridized carbons (Fsp3) is 0.250. The van der Waals surface area contributed by atoms with Gasteiger partial charge in [0.05, 0.1) is 18.9 Å². The van der Waals surface area contributed by atoms with Crippen molar-refractivity contribution in [3.8, 4) is 5.75 Å². The van der Waals surface area contributed by atoms with Crippen LogP contribution in [0.4, 0.5) is 0 Å². The minimum Gasteiger partial charge on any atom is -0.497 e. The Morgan fingerprint density at radius 2 is 1.70 bits per heavy atom. The minimum absolute atomic E-state index is 0.00551. The van der Waals surface area contributed by atoms with Gasteiger partial charge in [-0.2, -0.15) is 0 Å². The first-order valence-corrected chi connectivity index (χ1v) is 7.64. The zero-order valence-corrected chi connectivity index (χ0v) is 13.6. The maximum Gasteiger partial charge on any atom is 0.342 e. The third-order valence-corrected chi connectivity index (χ3v) is 4.44. The number of ether oxygens (including phenoxy) is 2. The highest BCUT2D eigenvalue weighted by molar-refractivity contribution is 5.89. The maximum atomic E-state index is 12.0. The lowest BCUT2D eigenvalue weighted by atomic mass is 10.0. The molecular weight excluding hydrogens is 288 g/mol. The normalized spacial score (nSPS) is 20.1. The van der Waals surface area contributed by atoms with E-state index in [1.54, 1.807) is 25.5 Å². The van der Waals surface area contributed by atoms with Gasteiger partial charge >= 0.3 is 5.97 Å². The van der Waals surface area contributed by atoms with E-state index in [0.29, 0.717) is 5.56 Å². The molecule has 0 N–H and O–H groups in total. The van der Waals surface area contributed by atoms with Crippen LogP contribution >= 0.6 is 0 Å². The van der Waals surface area contributed by atoms with Crippen LogP contribution in [0.3, 0.4) is 0 Å². The molecule has 3 nitrogen and oxygen atoms in total. The second kappa shape index (κ2) is 5.92. The lowest BCUT2D eigenvalue weighted by Gasteiger charge is -2.03. The lowest BCUT2D eigenvalue weighted by molar-refractivity contribution is 0.0661. The molecule has 1 saturated carbocycles. The van der Waals surface area contributed by atoms with Crippen molar-refractivity contribution >= 4 is 5.97 Å². The molecule has 2 aromatic rings. The minimum atomic E-state index is -0.325. The van der Waals surface area contributed by atoms with E-state index in [4.69, 9.17) is 9.47 Å². The van der Waals surface area contributed by atoms with Crippen LogP contribution in [0.25, 0.3) is 0 Å². The first kappa shape index (κ1) is 15.3. The lowest BCUT2D eigenvalue weighted by Crippen LogP contribution is -1.99. The predicted molar refractivity (Wildman–Crippen MR) is 89.5 cm³/mol. The quantitative estimate of drug-likeness (QED) is 0.613. The largest absolute Gasteiger partial charge is 0.497 e. The van der Waals surface area contributed by atoms with E-state index in [1.807, 2.05) is 30.3 Å². The average Bonchev–Trinajstić information content (AvgIpc) is 3.14. The molecule has 1 unspecified atom stereocenters. The number of hydrogen-bond donors (Lipinski definition) is 0. The molecule has 0 spiro atoms. The Kier molecular flexibility index (Phi) is 3.95. The van der Waals surface area contributed by atoms with E-state index in [2.05, 4.69) is 26.0 Å². The van der Waals surface area contributed by atoms with Crippen molar-refractivity contribution in [2.45, 2.75) is 19.8 Å². The van der Waals surface area contributed by atoms with Crippen molar-refractivity contribution in [2.24, 2.45) is 5.41 Å². The summed E-state index contributed by atoms with van der Waals surface area (Å²) in [6.07, 6.45) is 1.62. The van der Waals surface area contributed by atoms with Crippen molar-refractivity contribution in [3.05, 3.63) is 77.6 Å². The standard InChI is InChI=1S/C20H20O3/c1-20(2)17(13-23-19(21)15-7-5-4-6-8-15)18(20)14-9-11-16(22-3)12-10-14/h4-13,18H,1-3H3/b17-13+. The van der Waals surface area contributed by atoms with E-state index in [1.165, 1.54) is 5.56 Å². The van der Waals surface area contributed by atoms with Gasteiger partial charge in [-0.25, -0.2) is 4.79 Å². The summed E-state index contributed by atoms with van der Waals surface area (Å²) in [5.74, 6) is 0.791. The molecule has 2 aromatic carbocycles. The van der Waals surface area contributed by atoms with Crippen LogP contribution in [-0.2, 0) is 4.74 Å². The number of esters is 1. The second-order valence-electron chi connectivity index (χ2n) is 6.27. The Balaban J connectivity index is 1.73. The fourth-order valence-electron chi connectivity index (χ4n) is 2.95. The van der Waals surface area contributed by atoms with E-state index in [9.17, 15) is 4.79 Å². The molecule has 0 saturated heterocycles. The Morgan fingerprint density at radius 1 is 1.04 bits per heavy atom.